The number of hydrogen-bond acceptors (Lipinski definition) is 2. The van der Waals surface area contributed by atoms with Crippen molar-refractivity contribution >= 4 is 0 Å². The second-order valence-electron chi connectivity index (χ2n) is 6.35. The number of halogens is 1. The SMILES string of the molecule is CC(C)(C)c1ccccc1C(Cc1ccccc1F)NN. The van der Waals surface area contributed by atoms with Crippen LogP contribution in [0.3, 0.4) is 0 Å². The number of benzene rings is 2. The number of nitrogens with one attached hydrogen (secondary N) is 1. The fraction of sp³-hybridized carbons (Fsp3) is 0.333. The first-order chi connectivity index (χ1) is 9.93. The van der Waals surface area contributed by atoms with Crippen LogP contribution in [-0.4, -0.2) is 0 Å². The summed E-state index contributed by atoms with van der Waals surface area (Å²) in [5, 5.41) is 0. The van der Waals surface area contributed by atoms with Gasteiger partial charge in [0, 0.05) is 0 Å². The summed E-state index contributed by atoms with van der Waals surface area (Å²) in [5.41, 5.74) is 5.87. The highest BCUT2D eigenvalue weighted by Crippen LogP contribution is 2.31. The summed E-state index contributed by atoms with van der Waals surface area (Å²) in [5.74, 6) is 5.55. The van der Waals surface area contributed by atoms with E-state index in [1.807, 2.05) is 18.2 Å². The molecule has 1 atom stereocenters. The predicted molar refractivity (Wildman–Crippen MR) is 85.3 cm³/mol. The number of hydrazine groups is 1. The fourth-order valence-corrected chi connectivity index (χ4v) is 2.63. The van der Waals surface area contributed by atoms with Crippen molar-refractivity contribution in [2.24, 2.45) is 5.84 Å². The van der Waals surface area contributed by atoms with Crippen molar-refractivity contribution in [1.82, 2.24) is 5.43 Å². The smallest absolute Gasteiger partial charge is 0.126 e. The molecule has 1 unspecified atom stereocenters. The molecule has 0 aliphatic heterocycles. The van der Waals surface area contributed by atoms with Crippen LogP contribution in [0.2, 0.25) is 0 Å². The minimum absolute atomic E-state index is 0.0148. The van der Waals surface area contributed by atoms with E-state index in [1.54, 1.807) is 12.1 Å². The maximum absolute atomic E-state index is 13.9. The minimum atomic E-state index is -0.189. The van der Waals surface area contributed by atoms with Gasteiger partial charge in [-0.2, -0.15) is 0 Å². The Balaban J connectivity index is 2.37. The van der Waals surface area contributed by atoms with E-state index in [0.717, 1.165) is 5.56 Å². The average Bonchev–Trinajstić information content (AvgIpc) is 2.45. The van der Waals surface area contributed by atoms with Gasteiger partial charge in [-0.25, -0.2) is 4.39 Å². The lowest BCUT2D eigenvalue weighted by atomic mass is 9.81. The van der Waals surface area contributed by atoms with Gasteiger partial charge in [-0.15, -0.1) is 0 Å². The van der Waals surface area contributed by atoms with Gasteiger partial charge in [-0.3, -0.25) is 11.3 Å². The molecule has 0 radical (unpaired) electrons. The van der Waals surface area contributed by atoms with Crippen LogP contribution in [0.4, 0.5) is 4.39 Å². The molecular formula is C18H23FN2. The molecule has 0 amide bonds. The molecule has 0 saturated carbocycles. The molecule has 0 aliphatic rings. The molecule has 3 N–H and O–H groups in total. The van der Waals surface area contributed by atoms with Crippen molar-refractivity contribution in [2.45, 2.75) is 38.6 Å². The van der Waals surface area contributed by atoms with E-state index < -0.39 is 0 Å². The van der Waals surface area contributed by atoms with Gasteiger partial charge in [0.05, 0.1) is 6.04 Å². The molecule has 0 saturated heterocycles. The van der Waals surface area contributed by atoms with Crippen molar-refractivity contribution in [3.8, 4) is 0 Å². The van der Waals surface area contributed by atoms with Gasteiger partial charge < -0.3 is 0 Å². The van der Waals surface area contributed by atoms with Gasteiger partial charge in [-0.1, -0.05) is 63.2 Å². The third-order valence-electron chi connectivity index (χ3n) is 3.73. The number of nitrogens with two attached hydrogens (primary N) is 1. The van der Waals surface area contributed by atoms with Crippen LogP contribution in [0.1, 0.15) is 43.5 Å². The largest absolute Gasteiger partial charge is 0.271 e. The summed E-state index contributed by atoms with van der Waals surface area (Å²) in [6.45, 7) is 6.51. The Bertz CT molecular complexity index is 602. The Labute approximate surface area is 126 Å². The summed E-state index contributed by atoms with van der Waals surface area (Å²) in [6.07, 6.45) is 0.524. The van der Waals surface area contributed by atoms with Gasteiger partial charge in [0.2, 0.25) is 0 Å². The van der Waals surface area contributed by atoms with Gasteiger partial charge >= 0.3 is 0 Å². The molecule has 2 rings (SSSR count). The maximum Gasteiger partial charge on any atom is 0.126 e. The first-order valence-corrected chi connectivity index (χ1v) is 7.22. The van der Waals surface area contributed by atoms with E-state index in [4.69, 9.17) is 5.84 Å². The lowest BCUT2D eigenvalue weighted by Gasteiger charge is -2.27. The maximum atomic E-state index is 13.9. The topological polar surface area (TPSA) is 38.0 Å². The van der Waals surface area contributed by atoms with Crippen LogP contribution in [0.15, 0.2) is 48.5 Å². The van der Waals surface area contributed by atoms with Crippen LogP contribution >= 0.6 is 0 Å². The molecule has 0 aromatic heterocycles. The Kier molecular flexibility index (Phi) is 4.76. The first kappa shape index (κ1) is 15.7. The van der Waals surface area contributed by atoms with E-state index in [9.17, 15) is 4.39 Å². The molecule has 2 nitrogen and oxygen atoms in total. The molecule has 2 aromatic carbocycles. The third-order valence-corrected chi connectivity index (χ3v) is 3.73. The van der Waals surface area contributed by atoms with Crippen LogP contribution < -0.4 is 11.3 Å². The van der Waals surface area contributed by atoms with E-state index in [-0.39, 0.29) is 17.3 Å². The van der Waals surface area contributed by atoms with Crippen molar-refractivity contribution in [1.29, 1.82) is 0 Å². The van der Waals surface area contributed by atoms with Crippen LogP contribution in [0.25, 0.3) is 0 Å². The molecule has 0 heterocycles. The van der Waals surface area contributed by atoms with Gasteiger partial charge in [-0.05, 0) is 34.6 Å². The molecule has 0 spiro atoms. The highest BCUT2D eigenvalue weighted by Gasteiger charge is 2.22. The molecule has 2 aromatic rings. The van der Waals surface area contributed by atoms with Crippen molar-refractivity contribution in [3.63, 3.8) is 0 Å². The van der Waals surface area contributed by atoms with Gasteiger partial charge in [0.1, 0.15) is 5.82 Å². The van der Waals surface area contributed by atoms with Crippen molar-refractivity contribution in [2.75, 3.05) is 0 Å². The zero-order chi connectivity index (χ0) is 15.5. The van der Waals surface area contributed by atoms with E-state index >= 15 is 0 Å². The molecule has 112 valence electrons. The summed E-state index contributed by atoms with van der Waals surface area (Å²) < 4.78 is 13.9. The summed E-state index contributed by atoms with van der Waals surface area (Å²) >= 11 is 0. The lowest BCUT2D eigenvalue weighted by Crippen LogP contribution is -2.32. The number of rotatable bonds is 4. The Morgan fingerprint density at radius 2 is 1.67 bits per heavy atom. The van der Waals surface area contributed by atoms with Crippen molar-refractivity contribution < 1.29 is 4.39 Å². The molecule has 0 aliphatic carbocycles. The fourth-order valence-electron chi connectivity index (χ4n) is 2.63. The van der Waals surface area contributed by atoms with Gasteiger partial charge in [0.15, 0.2) is 0 Å². The van der Waals surface area contributed by atoms with E-state index in [2.05, 4.69) is 38.3 Å². The molecule has 3 heteroatoms. The van der Waals surface area contributed by atoms with Gasteiger partial charge in [0.25, 0.3) is 0 Å². The summed E-state index contributed by atoms with van der Waals surface area (Å²) in [4.78, 5) is 0. The van der Waals surface area contributed by atoms with Crippen LogP contribution in [0, 0.1) is 5.82 Å². The minimum Gasteiger partial charge on any atom is -0.271 e. The average molecular weight is 286 g/mol. The second kappa shape index (κ2) is 6.37. The zero-order valence-electron chi connectivity index (χ0n) is 12.9. The number of hydrogen-bond donors (Lipinski definition) is 2. The predicted octanol–water partition coefficient (Wildman–Crippen LogP) is 3.87. The lowest BCUT2D eigenvalue weighted by molar-refractivity contribution is 0.506. The monoisotopic (exact) mass is 286 g/mol. The standard InChI is InChI=1S/C18H23FN2/c1-18(2,3)15-10-6-5-9-14(15)17(21-20)12-13-8-4-7-11-16(13)19/h4-11,17,21H,12,20H2,1-3H3. The van der Waals surface area contributed by atoms with Crippen LogP contribution in [-0.2, 0) is 11.8 Å². The molecule has 21 heavy (non-hydrogen) atoms. The molecule has 0 bridgehead atoms. The van der Waals surface area contributed by atoms with Crippen molar-refractivity contribution in [3.05, 3.63) is 71.0 Å². The Morgan fingerprint density at radius 3 is 2.29 bits per heavy atom. The first-order valence-electron chi connectivity index (χ1n) is 7.22. The third kappa shape index (κ3) is 3.69. The van der Waals surface area contributed by atoms with Crippen LogP contribution in [0.5, 0.6) is 0 Å². The molecular weight excluding hydrogens is 263 g/mol. The summed E-state index contributed by atoms with van der Waals surface area (Å²) in [7, 11) is 0. The second-order valence-corrected chi connectivity index (χ2v) is 6.35. The van der Waals surface area contributed by atoms with E-state index in [1.165, 1.54) is 11.6 Å². The normalized spacial score (nSPS) is 13.2. The van der Waals surface area contributed by atoms with E-state index in [0.29, 0.717) is 12.0 Å². The highest BCUT2D eigenvalue weighted by atomic mass is 19.1. The Hall–Kier alpha value is -1.71. The quantitative estimate of drug-likeness (QED) is 0.661. The Morgan fingerprint density at radius 1 is 1.05 bits per heavy atom. The molecule has 0 fully saturated rings. The summed E-state index contributed by atoms with van der Waals surface area (Å²) in [6, 6.07) is 14.9. The zero-order valence-corrected chi connectivity index (χ0v) is 12.9. The highest BCUT2D eigenvalue weighted by molar-refractivity contribution is 5.36.